The fourth-order valence-electron chi connectivity index (χ4n) is 1.34. The monoisotopic (exact) mass is 225 g/mol. The summed E-state index contributed by atoms with van der Waals surface area (Å²) in [4.78, 5) is 6.33. The molecule has 0 bridgehead atoms. The molecule has 14 heavy (non-hydrogen) atoms. The minimum absolute atomic E-state index is 0.402. The first-order valence-electron chi connectivity index (χ1n) is 4.38. The quantitative estimate of drug-likeness (QED) is 0.871. The molecule has 4 heteroatoms. The molecule has 1 unspecified atom stereocenters. The molecule has 2 aromatic rings. The van der Waals surface area contributed by atoms with Crippen molar-refractivity contribution in [1.82, 2.24) is 4.98 Å². The molecule has 2 aromatic heterocycles. The molecule has 0 amide bonds. The Morgan fingerprint density at radius 2 is 2.36 bits per heavy atom. The number of hydrogen-bond acceptors (Lipinski definition) is 4. The average Bonchev–Trinajstić information content (AvgIpc) is 2.75. The topological polar surface area (TPSA) is 33.1 Å². The molecule has 0 aliphatic carbocycles. The lowest BCUT2D eigenvalue weighted by Gasteiger charge is -2.07. The van der Waals surface area contributed by atoms with Crippen molar-refractivity contribution in [3.8, 4) is 0 Å². The second-order valence-corrected chi connectivity index (χ2v) is 5.02. The van der Waals surface area contributed by atoms with Crippen LogP contribution in [0.1, 0.15) is 21.6 Å². The Labute approximate surface area is 90.9 Å². The minimum Gasteiger partial charge on any atom is -0.387 e. The number of aryl methyl sites for hydroxylation is 1. The summed E-state index contributed by atoms with van der Waals surface area (Å²) >= 11 is 3.20. The summed E-state index contributed by atoms with van der Waals surface area (Å²) in [6.07, 6.45) is 0.293. The predicted octanol–water partition coefficient (Wildman–Crippen LogP) is 2.79. The van der Waals surface area contributed by atoms with Crippen LogP contribution in [0.25, 0.3) is 0 Å². The fourth-order valence-corrected chi connectivity index (χ4v) is 2.87. The Balaban J connectivity index is 2.10. The summed E-state index contributed by atoms with van der Waals surface area (Å²) in [5, 5.41) is 12.0. The first kappa shape index (κ1) is 9.83. The molecule has 74 valence electrons. The molecule has 0 aromatic carbocycles. The molecule has 0 aliphatic heterocycles. The molecule has 0 saturated carbocycles. The van der Waals surface area contributed by atoms with Crippen molar-refractivity contribution in [2.45, 2.75) is 19.4 Å². The van der Waals surface area contributed by atoms with Gasteiger partial charge in [0, 0.05) is 11.3 Å². The van der Waals surface area contributed by atoms with E-state index in [0.717, 1.165) is 10.6 Å². The largest absolute Gasteiger partial charge is 0.387 e. The smallest absolute Gasteiger partial charge is 0.0948 e. The zero-order valence-electron chi connectivity index (χ0n) is 7.80. The zero-order valence-corrected chi connectivity index (χ0v) is 9.44. The Hall–Kier alpha value is -0.710. The fraction of sp³-hybridized carbons (Fsp3) is 0.300. The summed E-state index contributed by atoms with van der Waals surface area (Å²) < 4.78 is 0. The molecule has 2 rings (SSSR count). The Morgan fingerprint density at radius 3 is 2.93 bits per heavy atom. The van der Waals surface area contributed by atoms with Gasteiger partial charge in [0.25, 0.3) is 0 Å². The van der Waals surface area contributed by atoms with Gasteiger partial charge in [-0.1, -0.05) is 6.07 Å². The minimum atomic E-state index is -0.402. The van der Waals surface area contributed by atoms with Crippen LogP contribution < -0.4 is 0 Å². The maximum atomic E-state index is 9.94. The summed E-state index contributed by atoms with van der Waals surface area (Å²) in [6, 6.07) is 4.05. The van der Waals surface area contributed by atoms with E-state index in [9.17, 15) is 5.11 Å². The average molecular weight is 225 g/mol. The standard InChI is InChI=1S/C10H11NOS2/c1-7-10(14-6-11-7)9(12)5-8-3-2-4-13-8/h2-4,6,9,12H,5H2,1H3. The summed E-state index contributed by atoms with van der Waals surface area (Å²) in [6.45, 7) is 1.93. The molecule has 0 spiro atoms. The van der Waals surface area contributed by atoms with Crippen LogP contribution in [0, 0.1) is 6.92 Å². The molecule has 1 N–H and O–H groups in total. The van der Waals surface area contributed by atoms with Crippen molar-refractivity contribution in [1.29, 1.82) is 0 Å². The number of aliphatic hydroxyl groups excluding tert-OH is 1. The lowest BCUT2D eigenvalue weighted by Crippen LogP contribution is -1.99. The number of rotatable bonds is 3. The van der Waals surface area contributed by atoms with Crippen LogP contribution in [0.3, 0.4) is 0 Å². The van der Waals surface area contributed by atoms with Gasteiger partial charge < -0.3 is 5.11 Å². The second-order valence-electron chi connectivity index (χ2n) is 3.10. The molecule has 0 aliphatic rings. The Bertz CT molecular complexity index is 394. The van der Waals surface area contributed by atoms with Crippen molar-refractivity contribution < 1.29 is 5.11 Å². The number of aromatic nitrogens is 1. The van der Waals surface area contributed by atoms with Gasteiger partial charge in [0.15, 0.2) is 0 Å². The molecule has 0 fully saturated rings. The van der Waals surface area contributed by atoms with Gasteiger partial charge in [0.05, 0.1) is 22.2 Å². The molecule has 1 atom stereocenters. The van der Waals surface area contributed by atoms with Crippen LogP contribution in [0.15, 0.2) is 23.0 Å². The first-order valence-corrected chi connectivity index (χ1v) is 6.13. The number of thiazole rings is 1. The third kappa shape index (κ3) is 2.03. The van der Waals surface area contributed by atoms with Gasteiger partial charge in [-0.15, -0.1) is 22.7 Å². The molecular weight excluding hydrogens is 214 g/mol. The molecule has 2 nitrogen and oxygen atoms in total. The predicted molar refractivity (Wildman–Crippen MR) is 59.8 cm³/mol. The van der Waals surface area contributed by atoms with Crippen LogP contribution in [-0.4, -0.2) is 10.1 Å². The SMILES string of the molecule is Cc1ncsc1C(O)Cc1cccs1. The lowest BCUT2D eigenvalue weighted by molar-refractivity contribution is 0.182. The maximum absolute atomic E-state index is 9.94. The molecular formula is C10H11NOS2. The maximum Gasteiger partial charge on any atom is 0.0948 e. The van der Waals surface area contributed by atoms with Gasteiger partial charge in [-0.2, -0.15) is 0 Å². The van der Waals surface area contributed by atoms with E-state index in [1.807, 2.05) is 24.4 Å². The van der Waals surface area contributed by atoms with E-state index in [-0.39, 0.29) is 0 Å². The number of aliphatic hydroxyl groups is 1. The number of thiophene rings is 1. The van der Waals surface area contributed by atoms with Crippen molar-refractivity contribution in [2.75, 3.05) is 0 Å². The van der Waals surface area contributed by atoms with Gasteiger partial charge >= 0.3 is 0 Å². The third-order valence-corrected chi connectivity index (χ3v) is 3.99. The first-order chi connectivity index (χ1) is 6.77. The molecule has 0 saturated heterocycles. The van der Waals surface area contributed by atoms with E-state index in [4.69, 9.17) is 0 Å². The van der Waals surface area contributed by atoms with Gasteiger partial charge in [0.1, 0.15) is 0 Å². The van der Waals surface area contributed by atoms with Crippen LogP contribution >= 0.6 is 22.7 Å². The van der Waals surface area contributed by atoms with E-state index < -0.39 is 6.10 Å². The highest BCUT2D eigenvalue weighted by Gasteiger charge is 2.13. The Morgan fingerprint density at radius 1 is 1.50 bits per heavy atom. The zero-order chi connectivity index (χ0) is 9.97. The third-order valence-electron chi connectivity index (χ3n) is 2.06. The summed E-state index contributed by atoms with van der Waals surface area (Å²) in [5.41, 5.74) is 2.72. The number of nitrogens with zero attached hydrogens (tertiary/aromatic N) is 1. The van der Waals surface area contributed by atoms with Crippen molar-refractivity contribution in [2.24, 2.45) is 0 Å². The highest BCUT2D eigenvalue weighted by molar-refractivity contribution is 7.10. The lowest BCUT2D eigenvalue weighted by atomic mass is 10.2. The summed E-state index contributed by atoms with van der Waals surface area (Å²) in [5.74, 6) is 0. The second kappa shape index (κ2) is 4.21. The highest BCUT2D eigenvalue weighted by atomic mass is 32.1. The summed E-state index contributed by atoms with van der Waals surface area (Å²) in [7, 11) is 0. The van der Waals surface area contributed by atoms with E-state index in [0.29, 0.717) is 6.42 Å². The highest BCUT2D eigenvalue weighted by Crippen LogP contribution is 2.26. The van der Waals surface area contributed by atoms with Crippen LogP contribution in [0.2, 0.25) is 0 Å². The van der Waals surface area contributed by atoms with Gasteiger partial charge in [0.2, 0.25) is 0 Å². The van der Waals surface area contributed by atoms with Gasteiger partial charge in [-0.25, -0.2) is 4.98 Å². The molecule has 2 heterocycles. The van der Waals surface area contributed by atoms with E-state index in [2.05, 4.69) is 4.98 Å². The van der Waals surface area contributed by atoms with E-state index in [1.165, 1.54) is 16.2 Å². The molecule has 0 radical (unpaired) electrons. The van der Waals surface area contributed by atoms with Crippen molar-refractivity contribution >= 4 is 22.7 Å². The van der Waals surface area contributed by atoms with Crippen LogP contribution in [-0.2, 0) is 6.42 Å². The van der Waals surface area contributed by atoms with Crippen molar-refractivity contribution in [3.05, 3.63) is 38.5 Å². The Kier molecular flexibility index (Phi) is 2.96. The van der Waals surface area contributed by atoms with Crippen LogP contribution in [0.5, 0.6) is 0 Å². The van der Waals surface area contributed by atoms with Crippen molar-refractivity contribution in [3.63, 3.8) is 0 Å². The van der Waals surface area contributed by atoms with Gasteiger partial charge in [-0.05, 0) is 18.4 Å². The van der Waals surface area contributed by atoms with Gasteiger partial charge in [-0.3, -0.25) is 0 Å². The number of hydrogen-bond donors (Lipinski definition) is 1. The van der Waals surface area contributed by atoms with Crippen LogP contribution in [0.4, 0.5) is 0 Å². The normalized spacial score (nSPS) is 13.0. The van der Waals surface area contributed by atoms with E-state index >= 15 is 0 Å². The van der Waals surface area contributed by atoms with E-state index in [1.54, 1.807) is 16.8 Å².